The first-order chi connectivity index (χ1) is 9.83. The first kappa shape index (κ1) is 13.4. The zero-order chi connectivity index (χ0) is 13.8. The van der Waals surface area contributed by atoms with Crippen LogP contribution in [0.4, 0.5) is 0 Å². The van der Waals surface area contributed by atoms with Crippen LogP contribution in [-0.2, 0) is 4.79 Å². The summed E-state index contributed by atoms with van der Waals surface area (Å²) in [4.78, 5) is 12.2. The van der Waals surface area contributed by atoms with Gasteiger partial charge in [-0.1, -0.05) is 18.2 Å². The van der Waals surface area contributed by atoms with Crippen LogP contribution in [0.2, 0.25) is 0 Å². The molecule has 0 saturated carbocycles. The molecule has 2 unspecified atom stereocenters. The fourth-order valence-corrected chi connectivity index (χ4v) is 3.11. The number of piperidine rings is 1. The Hall–Kier alpha value is -1.55. The lowest BCUT2D eigenvalue weighted by Crippen LogP contribution is -2.36. The Morgan fingerprint density at radius 3 is 3.10 bits per heavy atom. The fraction of sp³-hybridized carbons (Fsp3) is 0.562. The molecular formula is C16H22N2O2. The van der Waals surface area contributed by atoms with Crippen molar-refractivity contribution >= 4 is 5.91 Å². The Morgan fingerprint density at radius 1 is 1.35 bits per heavy atom. The number of carbonyl (C=O) groups excluding carboxylic acids is 1. The Kier molecular flexibility index (Phi) is 4.21. The predicted octanol–water partition coefficient (Wildman–Crippen LogP) is 2.02. The predicted molar refractivity (Wildman–Crippen MR) is 77.6 cm³/mol. The van der Waals surface area contributed by atoms with Gasteiger partial charge in [0.2, 0.25) is 5.91 Å². The third-order valence-electron chi connectivity index (χ3n) is 4.17. The summed E-state index contributed by atoms with van der Waals surface area (Å²) in [6, 6.07) is 8.08. The first-order valence-electron chi connectivity index (χ1n) is 7.55. The maximum atomic E-state index is 12.2. The average Bonchev–Trinajstić information content (AvgIpc) is 2.48. The SMILES string of the molecule is O=C(CC1CCCNC1)NC1CCOc2ccccc21. The molecule has 1 aromatic carbocycles. The first-order valence-corrected chi connectivity index (χ1v) is 7.55. The van der Waals surface area contributed by atoms with E-state index in [1.165, 1.54) is 6.42 Å². The Labute approximate surface area is 119 Å². The Bertz CT molecular complexity index is 469. The smallest absolute Gasteiger partial charge is 0.220 e. The van der Waals surface area contributed by atoms with Gasteiger partial charge in [-0.3, -0.25) is 4.79 Å². The van der Waals surface area contributed by atoms with Gasteiger partial charge >= 0.3 is 0 Å². The quantitative estimate of drug-likeness (QED) is 0.886. The summed E-state index contributed by atoms with van der Waals surface area (Å²) in [5, 5.41) is 6.54. The second kappa shape index (κ2) is 6.27. The minimum atomic E-state index is 0.101. The standard InChI is InChI=1S/C16H22N2O2/c19-16(10-12-4-3-8-17-11-12)18-14-7-9-20-15-6-2-1-5-13(14)15/h1-2,5-6,12,14,17H,3-4,7-11H2,(H,18,19). The van der Waals surface area contributed by atoms with Gasteiger partial charge in [-0.25, -0.2) is 0 Å². The van der Waals surface area contributed by atoms with Crippen molar-refractivity contribution in [2.45, 2.75) is 31.7 Å². The van der Waals surface area contributed by atoms with Crippen molar-refractivity contribution in [3.63, 3.8) is 0 Å². The number of benzene rings is 1. The molecule has 1 saturated heterocycles. The molecule has 20 heavy (non-hydrogen) atoms. The van der Waals surface area contributed by atoms with Crippen molar-refractivity contribution in [1.29, 1.82) is 0 Å². The molecular weight excluding hydrogens is 252 g/mol. The number of carbonyl (C=O) groups is 1. The molecule has 0 bridgehead atoms. The highest BCUT2D eigenvalue weighted by molar-refractivity contribution is 5.77. The molecule has 2 aliphatic heterocycles. The number of hydrogen-bond donors (Lipinski definition) is 2. The van der Waals surface area contributed by atoms with E-state index in [1.54, 1.807) is 0 Å². The normalized spacial score (nSPS) is 25.4. The summed E-state index contributed by atoms with van der Waals surface area (Å²) in [5.74, 6) is 1.56. The van der Waals surface area contributed by atoms with Crippen LogP contribution in [0, 0.1) is 5.92 Å². The highest BCUT2D eigenvalue weighted by atomic mass is 16.5. The maximum absolute atomic E-state index is 12.2. The number of amides is 1. The van der Waals surface area contributed by atoms with Gasteiger partial charge in [0.15, 0.2) is 0 Å². The van der Waals surface area contributed by atoms with Crippen molar-refractivity contribution in [3.05, 3.63) is 29.8 Å². The molecule has 1 amide bonds. The van der Waals surface area contributed by atoms with Crippen LogP contribution in [0.1, 0.15) is 37.3 Å². The van der Waals surface area contributed by atoms with Gasteiger partial charge in [-0.2, -0.15) is 0 Å². The van der Waals surface area contributed by atoms with E-state index in [0.29, 0.717) is 18.9 Å². The van der Waals surface area contributed by atoms with Crippen LogP contribution in [0.25, 0.3) is 0 Å². The van der Waals surface area contributed by atoms with Gasteiger partial charge in [0.1, 0.15) is 5.75 Å². The molecule has 1 aromatic rings. The van der Waals surface area contributed by atoms with E-state index < -0.39 is 0 Å². The van der Waals surface area contributed by atoms with Crippen molar-refractivity contribution in [2.75, 3.05) is 19.7 Å². The molecule has 1 fully saturated rings. The largest absolute Gasteiger partial charge is 0.493 e. The zero-order valence-electron chi connectivity index (χ0n) is 11.7. The summed E-state index contributed by atoms with van der Waals surface area (Å²) in [5.41, 5.74) is 1.11. The van der Waals surface area contributed by atoms with Gasteiger partial charge in [-0.15, -0.1) is 0 Å². The number of rotatable bonds is 3. The van der Waals surface area contributed by atoms with E-state index in [0.717, 1.165) is 37.2 Å². The van der Waals surface area contributed by atoms with Crippen LogP contribution in [0.15, 0.2) is 24.3 Å². The molecule has 2 heterocycles. The summed E-state index contributed by atoms with van der Waals surface area (Å²) >= 11 is 0. The molecule has 4 nitrogen and oxygen atoms in total. The van der Waals surface area contributed by atoms with E-state index >= 15 is 0 Å². The highest BCUT2D eigenvalue weighted by Gasteiger charge is 2.24. The van der Waals surface area contributed by atoms with Crippen molar-refractivity contribution < 1.29 is 9.53 Å². The van der Waals surface area contributed by atoms with E-state index in [9.17, 15) is 4.79 Å². The minimum absolute atomic E-state index is 0.101. The van der Waals surface area contributed by atoms with Crippen molar-refractivity contribution in [1.82, 2.24) is 10.6 Å². The van der Waals surface area contributed by atoms with Crippen LogP contribution in [0.5, 0.6) is 5.75 Å². The lowest BCUT2D eigenvalue weighted by molar-refractivity contribution is -0.123. The number of ether oxygens (including phenoxy) is 1. The molecule has 2 aliphatic rings. The lowest BCUT2D eigenvalue weighted by Gasteiger charge is -2.28. The van der Waals surface area contributed by atoms with Crippen LogP contribution < -0.4 is 15.4 Å². The summed E-state index contributed by atoms with van der Waals surface area (Å²) in [6.45, 7) is 2.73. The Balaban J connectivity index is 1.59. The molecule has 2 N–H and O–H groups in total. The zero-order valence-corrected chi connectivity index (χ0v) is 11.7. The molecule has 108 valence electrons. The molecule has 2 atom stereocenters. The van der Waals surface area contributed by atoms with E-state index in [4.69, 9.17) is 4.74 Å². The molecule has 0 radical (unpaired) electrons. The average molecular weight is 274 g/mol. The third kappa shape index (κ3) is 3.12. The van der Waals surface area contributed by atoms with Crippen LogP contribution >= 0.6 is 0 Å². The van der Waals surface area contributed by atoms with Crippen molar-refractivity contribution in [2.24, 2.45) is 5.92 Å². The third-order valence-corrected chi connectivity index (χ3v) is 4.17. The van der Waals surface area contributed by atoms with Gasteiger partial charge in [-0.05, 0) is 37.9 Å². The van der Waals surface area contributed by atoms with Crippen LogP contribution in [-0.4, -0.2) is 25.6 Å². The molecule has 4 heteroatoms. The summed E-state index contributed by atoms with van der Waals surface area (Å²) < 4.78 is 5.62. The number of fused-ring (bicyclic) bond motifs is 1. The number of nitrogens with one attached hydrogen (secondary N) is 2. The monoisotopic (exact) mass is 274 g/mol. The highest BCUT2D eigenvalue weighted by Crippen LogP contribution is 2.31. The van der Waals surface area contributed by atoms with Crippen LogP contribution in [0.3, 0.4) is 0 Å². The molecule has 0 spiro atoms. The Morgan fingerprint density at radius 2 is 2.25 bits per heavy atom. The van der Waals surface area contributed by atoms with Gasteiger partial charge in [0.25, 0.3) is 0 Å². The minimum Gasteiger partial charge on any atom is -0.493 e. The second-order valence-electron chi connectivity index (χ2n) is 5.71. The number of para-hydroxylation sites is 1. The molecule has 0 aromatic heterocycles. The van der Waals surface area contributed by atoms with E-state index in [1.807, 2.05) is 24.3 Å². The van der Waals surface area contributed by atoms with E-state index in [-0.39, 0.29) is 11.9 Å². The molecule has 3 rings (SSSR count). The van der Waals surface area contributed by atoms with Gasteiger partial charge in [0.05, 0.1) is 12.6 Å². The van der Waals surface area contributed by atoms with E-state index in [2.05, 4.69) is 10.6 Å². The molecule has 0 aliphatic carbocycles. The summed E-state index contributed by atoms with van der Waals surface area (Å²) in [7, 11) is 0. The maximum Gasteiger partial charge on any atom is 0.220 e. The van der Waals surface area contributed by atoms with Gasteiger partial charge in [0, 0.05) is 18.4 Å². The van der Waals surface area contributed by atoms with Crippen molar-refractivity contribution in [3.8, 4) is 5.75 Å². The lowest BCUT2D eigenvalue weighted by atomic mass is 9.95. The van der Waals surface area contributed by atoms with Gasteiger partial charge < -0.3 is 15.4 Å². The summed E-state index contributed by atoms with van der Waals surface area (Å²) in [6.07, 6.45) is 3.82. The topological polar surface area (TPSA) is 50.4 Å². The second-order valence-corrected chi connectivity index (χ2v) is 5.71. The number of hydrogen-bond acceptors (Lipinski definition) is 3. The fourth-order valence-electron chi connectivity index (χ4n) is 3.11.